The van der Waals surface area contributed by atoms with Crippen LogP contribution < -0.4 is 14.7 Å². The number of nitrogens with zero attached hydrogens (tertiary/aromatic N) is 3. The number of benzene rings is 9. The lowest BCUT2D eigenvalue weighted by Crippen LogP contribution is -2.10. The molecule has 9 aromatic rings. The average Bonchev–Trinajstić information content (AvgIpc) is 3.30. The summed E-state index contributed by atoms with van der Waals surface area (Å²) in [6.07, 6.45) is 0. The van der Waals surface area contributed by atoms with Gasteiger partial charge in [-0.15, -0.1) is 0 Å². The van der Waals surface area contributed by atoms with E-state index >= 15 is 0 Å². The van der Waals surface area contributed by atoms with Gasteiger partial charge in [0, 0.05) is 51.2 Å². The van der Waals surface area contributed by atoms with Gasteiger partial charge in [0.25, 0.3) is 0 Å². The van der Waals surface area contributed by atoms with Crippen LogP contribution in [0.4, 0.5) is 51.2 Å². The van der Waals surface area contributed by atoms with E-state index in [1.165, 1.54) is 27.8 Å². The highest BCUT2D eigenvalue weighted by Crippen LogP contribution is 2.40. The van der Waals surface area contributed by atoms with E-state index in [0.29, 0.717) is 0 Å². The van der Waals surface area contributed by atoms with Crippen LogP contribution in [0.15, 0.2) is 243 Å². The second-order valence-corrected chi connectivity index (χ2v) is 14.4. The summed E-state index contributed by atoms with van der Waals surface area (Å²) in [4.78, 5) is 6.91. The van der Waals surface area contributed by atoms with Crippen molar-refractivity contribution < 1.29 is 0 Å². The molecule has 0 saturated carbocycles. The molecule has 58 heavy (non-hydrogen) atoms. The van der Waals surface area contributed by atoms with Crippen molar-refractivity contribution >= 4 is 51.2 Å². The van der Waals surface area contributed by atoms with Crippen molar-refractivity contribution in [3.05, 3.63) is 248 Å². The van der Waals surface area contributed by atoms with Crippen molar-refractivity contribution in [2.45, 2.75) is 6.92 Å². The zero-order chi connectivity index (χ0) is 39.1. The van der Waals surface area contributed by atoms with Crippen LogP contribution in [-0.4, -0.2) is 0 Å². The molecule has 0 amide bonds. The van der Waals surface area contributed by atoms with Gasteiger partial charge in [0.05, 0.1) is 0 Å². The molecular weight excluding hydrogens is 703 g/mol. The minimum atomic E-state index is 1.10. The van der Waals surface area contributed by atoms with Crippen molar-refractivity contribution in [2.24, 2.45) is 0 Å². The Hall–Kier alpha value is -7.62. The first-order valence-corrected chi connectivity index (χ1v) is 19.8. The molecule has 0 aliphatic heterocycles. The number of para-hydroxylation sites is 4. The molecule has 0 aliphatic carbocycles. The van der Waals surface area contributed by atoms with Gasteiger partial charge in [-0.3, -0.25) is 0 Å². The van der Waals surface area contributed by atoms with Gasteiger partial charge >= 0.3 is 0 Å². The Labute approximate surface area is 342 Å². The summed E-state index contributed by atoms with van der Waals surface area (Å²) in [5.74, 6) is 0. The quantitative estimate of drug-likeness (QED) is 0.131. The topological polar surface area (TPSA) is 9.72 Å². The summed E-state index contributed by atoms with van der Waals surface area (Å²) >= 11 is 0. The van der Waals surface area contributed by atoms with Crippen molar-refractivity contribution in [1.82, 2.24) is 0 Å². The molecular formula is C55H43N3. The zero-order valence-electron chi connectivity index (χ0n) is 32.4. The van der Waals surface area contributed by atoms with Crippen LogP contribution in [0.25, 0.3) is 22.3 Å². The summed E-state index contributed by atoms with van der Waals surface area (Å²) in [6.45, 7) is 2.13. The fourth-order valence-electron chi connectivity index (χ4n) is 7.56. The third-order valence-electron chi connectivity index (χ3n) is 10.5. The molecule has 0 radical (unpaired) electrons. The van der Waals surface area contributed by atoms with Gasteiger partial charge in [0.15, 0.2) is 0 Å². The normalized spacial score (nSPS) is 10.8. The van der Waals surface area contributed by atoms with Gasteiger partial charge in [-0.25, -0.2) is 0 Å². The maximum atomic E-state index is 2.33. The number of anilines is 9. The molecule has 0 spiro atoms. The van der Waals surface area contributed by atoms with Gasteiger partial charge in [0.1, 0.15) is 0 Å². The molecule has 9 aromatic carbocycles. The first-order valence-electron chi connectivity index (χ1n) is 19.8. The second kappa shape index (κ2) is 16.6. The fraction of sp³-hybridized carbons (Fsp3) is 0.0182. The van der Waals surface area contributed by atoms with E-state index in [0.717, 1.165) is 51.2 Å². The summed E-state index contributed by atoms with van der Waals surface area (Å²) in [5, 5.41) is 0. The van der Waals surface area contributed by atoms with Crippen molar-refractivity contribution in [2.75, 3.05) is 14.7 Å². The second-order valence-electron chi connectivity index (χ2n) is 14.4. The van der Waals surface area contributed by atoms with Gasteiger partial charge < -0.3 is 14.7 Å². The van der Waals surface area contributed by atoms with Crippen LogP contribution >= 0.6 is 0 Å². The van der Waals surface area contributed by atoms with E-state index in [2.05, 4.69) is 264 Å². The van der Waals surface area contributed by atoms with Crippen LogP contribution in [-0.2, 0) is 0 Å². The molecule has 3 nitrogen and oxygen atoms in total. The highest BCUT2D eigenvalue weighted by Gasteiger charge is 2.16. The van der Waals surface area contributed by atoms with Gasteiger partial charge in [-0.05, 0) is 138 Å². The molecule has 9 rings (SSSR count). The van der Waals surface area contributed by atoms with Crippen molar-refractivity contribution in [3.8, 4) is 22.3 Å². The molecule has 0 saturated heterocycles. The van der Waals surface area contributed by atoms with Crippen LogP contribution in [0.1, 0.15) is 5.56 Å². The van der Waals surface area contributed by atoms with Crippen LogP contribution in [0.5, 0.6) is 0 Å². The Bertz CT molecular complexity index is 2410. The average molecular weight is 746 g/mol. The van der Waals surface area contributed by atoms with Crippen LogP contribution in [0.3, 0.4) is 0 Å². The van der Waals surface area contributed by atoms with E-state index in [9.17, 15) is 0 Å². The molecule has 3 heteroatoms. The molecule has 278 valence electrons. The maximum Gasteiger partial charge on any atom is 0.0462 e. The largest absolute Gasteiger partial charge is 0.311 e. The SMILES string of the molecule is Cc1ccc(N(c2ccc(-c3ccc(N(c4ccccc4)c4ccccc4)cc3)cc2)c2ccc(-c3ccc(N(c4ccccc4)c4ccccc4)cc3)cc2)cc1. The fourth-order valence-corrected chi connectivity index (χ4v) is 7.56. The predicted molar refractivity (Wildman–Crippen MR) is 246 cm³/mol. The summed E-state index contributed by atoms with van der Waals surface area (Å²) < 4.78 is 0. The minimum absolute atomic E-state index is 1.10. The summed E-state index contributed by atoms with van der Waals surface area (Å²) in [6, 6.07) is 86.3. The smallest absolute Gasteiger partial charge is 0.0462 e. The first kappa shape index (κ1) is 36.0. The standard InChI is InChI=1S/C55H43N3/c1-42-22-32-51(33-23-42)58(54-38-28-45(29-39-54)43-24-34-52(35-25-43)56(47-14-6-2-7-15-47)48-16-8-3-9-17-48)55-40-30-46(31-41-55)44-26-36-53(37-27-44)57(49-18-10-4-11-19-49)50-20-12-5-13-21-50/h2-41H,1H3. The van der Waals surface area contributed by atoms with E-state index in [1.54, 1.807) is 0 Å². The molecule has 0 aliphatic rings. The van der Waals surface area contributed by atoms with Crippen molar-refractivity contribution in [1.29, 1.82) is 0 Å². The molecule has 0 bridgehead atoms. The minimum Gasteiger partial charge on any atom is -0.311 e. The summed E-state index contributed by atoms with van der Waals surface area (Å²) in [7, 11) is 0. The lowest BCUT2D eigenvalue weighted by Gasteiger charge is -2.26. The van der Waals surface area contributed by atoms with E-state index < -0.39 is 0 Å². The van der Waals surface area contributed by atoms with Crippen LogP contribution in [0.2, 0.25) is 0 Å². The third kappa shape index (κ3) is 7.75. The lowest BCUT2D eigenvalue weighted by atomic mass is 10.0. The monoisotopic (exact) mass is 745 g/mol. The summed E-state index contributed by atoms with van der Waals surface area (Å²) in [5.41, 5.74) is 16.0. The Morgan fingerprint density at radius 3 is 0.569 bits per heavy atom. The molecule has 0 heterocycles. The molecule has 0 unspecified atom stereocenters. The van der Waals surface area contributed by atoms with E-state index in [1.807, 2.05) is 0 Å². The number of hydrogen-bond acceptors (Lipinski definition) is 3. The van der Waals surface area contributed by atoms with E-state index in [-0.39, 0.29) is 0 Å². The van der Waals surface area contributed by atoms with Gasteiger partial charge in [0.2, 0.25) is 0 Å². The van der Waals surface area contributed by atoms with Gasteiger partial charge in [-0.2, -0.15) is 0 Å². The Morgan fingerprint density at radius 2 is 0.362 bits per heavy atom. The molecule has 0 fully saturated rings. The maximum absolute atomic E-state index is 2.33. The molecule has 0 atom stereocenters. The highest BCUT2D eigenvalue weighted by molar-refractivity contribution is 5.83. The van der Waals surface area contributed by atoms with E-state index in [4.69, 9.17) is 0 Å². The zero-order valence-corrected chi connectivity index (χ0v) is 32.4. The Morgan fingerprint density at radius 1 is 0.190 bits per heavy atom. The highest BCUT2D eigenvalue weighted by atomic mass is 15.2. The Kier molecular flexibility index (Phi) is 10.3. The molecule has 0 N–H and O–H groups in total. The third-order valence-corrected chi connectivity index (χ3v) is 10.5. The number of aryl methyl sites for hydroxylation is 1. The molecule has 0 aromatic heterocycles. The van der Waals surface area contributed by atoms with Gasteiger partial charge in [-0.1, -0.05) is 139 Å². The lowest BCUT2D eigenvalue weighted by molar-refractivity contribution is 1.27. The number of rotatable bonds is 11. The predicted octanol–water partition coefficient (Wildman–Crippen LogP) is 15.7. The number of hydrogen-bond donors (Lipinski definition) is 0. The first-order chi connectivity index (χ1) is 28.7. The van der Waals surface area contributed by atoms with Crippen LogP contribution in [0, 0.1) is 6.92 Å². The van der Waals surface area contributed by atoms with Crippen molar-refractivity contribution in [3.63, 3.8) is 0 Å². The Balaban J connectivity index is 0.980.